The molecule has 3 fully saturated rings. The van der Waals surface area contributed by atoms with E-state index in [9.17, 15) is 15.3 Å². The van der Waals surface area contributed by atoms with Gasteiger partial charge in [0.2, 0.25) is 0 Å². The number of rotatable bonds is 3. The number of aliphatic hydroxyl groups is 3. The fourth-order valence-electron chi connectivity index (χ4n) is 5.66. The van der Waals surface area contributed by atoms with Crippen molar-refractivity contribution in [1.82, 2.24) is 0 Å². The van der Waals surface area contributed by atoms with E-state index in [4.69, 9.17) is 0 Å². The van der Waals surface area contributed by atoms with Crippen LogP contribution < -0.4 is 0 Å². The molecule has 3 nitrogen and oxygen atoms in total. The van der Waals surface area contributed by atoms with Gasteiger partial charge in [-0.05, 0) is 73.3 Å². The van der Waals surface area contributed by atoms with Gasteiger partial charge in [0, 0.05) is 6.42 Å². The molecular weight excluding hydrogens is 312 g/mol. The van der Waals surface area contributed by atoms with Crippen molar-refractivity contribution >= 4 is 0 Å². The molecule has 0 amide bonds. The zero-order valence-corrected chi connectivity index (χ0v) is 15.7. The first-order valence-corrected chi connectivity index (χ1v) is 9.99. The van der Waals surface area contributed by atoms with Crippen LogP contribution in [-0.2, 0) is 0 Å². The molecule has 3 unspecified atom stereocenters. The second-order valence-electron chi connectivity index (χ2n) is 8.64. The van der Waals surface area contributed by atoms with E-state index in [-0.39, 0.29) is 11.5 Å². The van der Waals surface area contributed by atoms with E-state index in [1.807, 2.05) is 0 Å². The first-order valence-electron chi connectivity index (χ1n) is 9.99. The number of aliphatic hydroxyl groups excluding tert-OH is 3. The second-order valence-corrected chi connectivity index (χ2v) is 8.64. The lowest BCUT2D eigenvalue weighted by Crippen LogP contribution is -2.38. The van der Waals surface area contributed by atoms with Crippen LogP contribution >= 0.6 is 0 Å². The Hall–Kier alpha value is -0.900. The third-order valence-electron chi connectivity index (χ3n) is 7.18. The highest BCUT2D eigenvalue weighted by atomic mass is 16.3. The molecule has 140 valence electrons. The lowest BCUT2D eigenvalue weighted by atomic mass is 9.62. The van der Waals surface area contributed by atoms with E-state index in [0.717, 1.165) is 30.4 Å². The van der Waals surface area contributed by atoms with Gasteiger partial charge in [-0.2, -0.15) is 0 Å². The molecule has 3 heteroatoms. The molecule has 0 bridgehead atoms. The quantitative estimate of drug-likeness (QED) is 0.726. The first kappa shape index (κ1) is 18.9. The number of hydrogen-bond donors (Lipinski definition) is 3. The Bertz CT molecular complexity index is 576. The van der Waals surface area contributed by atoms with Crippen LogP contribution in [0.15, 0.2) is 35.5 Å². The molecule has 3 N–H and O–H groups in total. The molecule has 25 heavy (non-hydrogen) atoms. The molecule has 0 heterocycles. The molecule has 0 saturated heterocycles. The van der Waals surface area contributed by atoms with Crippen LogP contribution in [0.4, 0.5) is 0 Å². The Kier molecular flexibility index (Phi) is 5.57. The zero-order chi connectivity index (χ0) is 18.2. The van der Waals surface area contributed by atoms with Gasteiger partial charge in [-0.25, -0.2) is 0 Å². The molecule has 0 aromatic heterocycles. The maximum Gasteiger partial charge on any atom is 0.0811 e. The van der Waals surface area contributed by atoms with Crippen LogP contribution in [0.5, 0.6) is 0 Å². The monoisotopic (exact) mass is 346 g/mol. The summed E-state index contributed by atoms with van der Waals surface area (Å²) in [7, 11) is 0. The molecule has 3 saturated carbocycles. The van der Waals surface area contributed by atoms with Crippen molar-refractivity contribution in [3.8, 4) is 0 Å². The van der Waals surface area contributed by atoms with Crippen LogP contribution in [0, 0.1) is 17.3 Å². The molecule has 0 spiro atoms. The Balaban J connectivity index is 1.82. The summed E-state index contributed by atoms with van der Waals surface area (Å²) < 4.78 is 0. The molecule has 3 aliphatic rings. The van der Waals surface area contributed by atoms with Crippen molar-refractivity contribution in [3.05, 3.63) is 35.5 Å². The van der Waals surface area contributed by atoms with Gasteiger partial charge in [0.15, 0.2) is 0 Å². The Morgan fingerprint density at radius 2 is 2.04 bits per heavy atom. The Morgan fingerprint density at radius 3 is 2.76 bits per heavy atom. The van der Waals surface area contributed by atoms with E-state index < -0.39 is 12.2 Å². The third kappa shape index (κ3) is 3.51. The van der Waals surface area contributed by atoms with Crippen molar-refractivity contribution in [3.63, 3.8) is 0 Å². The van der Waals surface area contributed by atoms with E-state index in [1.165, 1.54) is 24.8 Å². The minimum Gasteiger partial charge on any atom is -0.393 e. The molecule has 6 atom stereocenters. The topological polar surface area (TPSA) is 60.7 Å². The summed E-state index contributed by atoms with van der Waals surface area (Å²) in [6, 6.07) is 0. The highest BCUT2D eigenvalue weighted by molar-refractivity contribution is 5.38. The largest absolute Gasteiger partial charge is 0.393 e. The molecule has 3 aliphatic carbocycles. The summed E-state index contributed by atoms with van der Waals surface area (Å²) in [5.74, 6) is 0.961. The van der Waals surface area contributed by atoms with Gasteiger partial charge in [0.25, 0.3) is 0 Å². The molecular formula is C22H34O3. The summed E-state index contributed by atoms with van der Waals surface area (Å²) in [6.45, 7) is 8.47. The van der Waals surface area contributed by atoms with Gasteiger partial charge in [-0.3, -0.25) is 0 Å². The summed E-state index contributed by atoms with van der Waals surface area (Å²) in [5, 5.41) is 30.4. The van der Waals surface area contributed by atoms with Crippen molar-refractivity contribution in [2.45, 2.75) is 83.5 Å². The summed E-state index contributed by atoms with van der Waals surface area (Å²) in [6.07, 6.45) is 10.6. The Labute approximate surface area is 152 Å². The predicted octanol–water partition coefficient (Wildman–Crippen LogP) is 3.90. The van der Waals surface area contributed by atoms with Crippen LogP contribution in [0.1, 0.15) is 65.2 Å². The molecule has 3 rings (SSSR count). The zero-order valence-electron chi connectivity index (χ0n) is 15.7. The lowest BCUT2D eigenvalue weighted by molar-refractivity contribution is 0.0175. The van der Waals surface area contributed by atoms with E-state index in [2.05, 4.69) is 32.6 Å². The minimum absolute atomic E-state index is 0.184. The van der Waals surface area contributed by atoms with Gasteiger partial charge in [0.05, 0.1) is 18.3 Å². The molecule has 0 aromatic rings. The van der Waals surface area contributed by atoms with Gasteiger partial charge < -0.3 is 15.3 Å². The van der Waals surface area contributed by atoms with E-state index >= 15 is 0 Å². The minimum atomic E-state index is -0.624. The van der Waals surface area contributed by atoms with Gasteiger partial charge >= 0.3 is 0 Å². The fraction of sp³-hybridized carbons (Fsp3) is 0.727. The highest BCUT2D eigenvalue weighted by Gasteiger charge is 2.51. The number of allylic oxidation sites excluding steroid dienone is 3. The highest BCUT2D eigenvalue weighted by Crippen LogP contribution is 2.58. The molecule has 0 aliphatic heterocycles. The second kappa shape index (κ2) is 7.38. The van der Waals surface area contributed by atoms with Gasteiger partial charge in [-0.15, -0.1) is 0 Å². The maximum absolute atomic E-state index is 10.5. The summed E-state index contributed by atoms with van der Waals surface area (Å²) in [4.78, 5) is 0. The molecule has 0 aromatic carbocycles. The first-order chi connectivity index (χ1) is 11.9. The normalized spacial score (nSPS) is 43.5. The standard InChI is InChI=1S/C22H34O3/c1-4-20(24)19-10-9-18-15(6-5-11-22(18,19)3)7-8-16-12-17(23)13-21(25)14(16)2/h7-8,17-21,23-25H,2,4-6,9-13H2,1,3H3/b15-7+,16-8-/t17-,18?,19?,20?,21-,22-/m0/s1. The van der Waals surface area contributed by atoms with Gasteiger partial charge in [0.1, 0.15) is 0 Å². The molecule has 0 radical (unpaired) electrons. The average molecular weight is 347 g/mol. The predicted molar refractivity (Wildman–Crippen MR) is 101 cm³/mol. The van der Waals surface area contributed by atoms with Crippen LogP contribution in [-0.4, -0.2) is 33.6 Å². The third-order valence-corrected chi connectivity index (χ3v) is 7.18. The van der Waals surface area contributed by atoms with Crippen molar-refractivity contribution in [1.29, 1.82) is 0 Å². The number of fused-ring (bicyclic) bond motifs is 1. The van der Waals surface area contributed by atoms with Gasteiger partial charge in [-0.1, -0.05) is 38.2 Å². The lowest BCUT2D eigenvalue weighted by Gasteiger charge is -2.43. The SMILES string of the molecule is C=C1/C(=C\C=C2/CCC[C@@]3(C)C2CCC3C(O)CC)C[C@H](O)C[C@@H]1O. The van der Waals surface area contributed by atoms with Crippen LogP contribution in [0.3, 0.4) is 0 Å². The smallest absolute Gasteiger partial charge is 0.0811 e. The summed E-state index contributed by atoms with van der Waals surface area (Å²) in [5.41, 5.74) is 3.43. The summed E-state index contributed by atoms with van der Waals surface area (Å²) >= 11 is 0. The van der Waals surface area contributed by atoms with Crippen molar-refractivity contribution in [2.24, 2.45) is 17.3 Å². The maximum atomic E-state index is 10.5. The average Bonchev–Trinajstić information content (AvgIpc) is 2.93. The fourth-order valence-corrected chi connectivity index (χ4v) is 5.66. The van der Waals surface area contributed by atoms with Crippen molar-refractivity contribution in [2.75, 3.05) is 0 Å². The van der Waals surface area contributed by atoms with Crippen LogP contribution in [0.2, 0.25) is 0 Å². The Morgan fingerprint density at radius 1 is 1.28 bits per heavy atom. The van der Waals surface area contributed by atoms with Crippen molar-refractivity contribution < 1.29 is 15.3 Å². The van der Waals surface area contributed by atoms with E-state index in [1.54, 1.807) is 0 Å². The van der Waals surface area contributed by atoms with Crippen LogP contribution in [0.25, 0.3) is 0 Å². The number of hydrogen-bond acceptors (Lipinski definition) is 3. The van der Waals surface area contributed by atoms with E-state index in [0.29, 0.717) is 24.7 Å².